The van der Waals surface area contributed by atoms with Crippen molar-refractivity contribution in [1.29, 1.82) is 0 Å². The van der Waals surface area contributed by atoms with Gasteiger partial charge in [-0.2, -0.15) is 0 Å². The number of anilines is 1. The van der Waals surface area contributed by atoms with Gasteiger partial charge < -0.3 is 10.1 Å². The lowest BCUT2D eigenvalue weighted by atomic mass is 10.1. The van der Waals surface area contributed by atoms with E-state index in [1.807, 2.05) is 13.8 Å². The Hall–Kier alpha value is -2.54. The van der Waals surface area contributed by atoms with Crippen LogP contribution in [0.4, 0.5) is 5.69 Å². The Morgan fingerprint density at radius 1 is 1.10 bits per heavy atom. The van der Waals surface area contributed by atoms with Crippen LogP contribution in [0.15, 0.2) is 48.5 Å². The molecule has 0 aromatic heterocycles. The van der Waals surface area contributed by atoms with E-state index in [-0.39, 0.29) is 5.91 Å². The smallest absolute Gasteiger partial charge is 0.243 e. The number of nitrogens with one attached hydrogen (secondary N) is 1. The van der Waals surface area contributed by atoms with Crippen molar-refractivity contribution in [1.82, 2.24) is 5.32 Å². The molecule has 0 aliphatic carbocycles. The van der Waals surface area contributed by atoms with Crippen molar-refractivity contribution in [2.75, 3.05) is 23.7 Å². The monoisotopic (exact) mass is 418 g/mol. The van der Waals surface area contributed by atoms with Gasteiger partial charge in [0.2, 0.25) is 15.9 Å². The number of rotatable bonds is 10. The van der Waals surface area contributed by atoms with Gasteiger partial charge in [-0.25, -0.2) is 8.42 Å². The fourth-order valence-electron chi connectivity index (χ4n) is 3.07. The van der Waals surface area contributed by atoms with Gasteiger partial charge >= 0.3 is 0 Å². The third-order valence-electron chi connectivity index (χ3n) is 4.55. The molecule has 0 radical (unpaired) electrons. The van der Waals surface area contributed by atoms with Gasteiger partial charge in [0.05, 0.1) is 18.6 Å². The van der Waals surface area contributed by atoms with Crippen LogP contribution < -0.4 is 14.4 Å². The predicted molar refractivity (Wildman–Crippen MR) is 117 cm³/mol. The molecule has 2 rings (SSSR count). The molecule has 6 nitrogen and oxygen atoms in total. The Labute approximate surface area is 173 Å². The van der Waals surface area contributed by atoms with Gasteiger partial charge in [0.25, 0.3) is 0 Å². The topological polar surface area (TPSA) is 75.7 Å². The van der Waals surface area contributed by atoms with Crippen molar-refractivity contribution in [3.63, 3.8) is 0 Å². The number of amides is 1. The van der Waals surface area contributed by atoms with Gasteiger partial charge in [-0.15, -0.1) is 0 Å². The zero-order valence-corrected chi connectivity index (χ0v) is 18.3. The molecule has 1 atom stereocenters. The van der Waals surface area contributed by atoms with Crippen LogP contribution in [0.25, 0.3) is 0 Å². The van der Waals surface area contributed by atoms with E-state index in [9.17, 15) is 13.2 Å². The van der Waals surface area contributed by atoms with Crippen LogP contribution in [0.5, 0.6) is 5.75 Å². The molecular weight excluding hydrogens is 388 g/mol. The summed E-state index contributed by atoms with van der Waals surface area (Å²) in [6.07, 6.45) is 2.73. The fourth-order valence-corrected chi connectivity index (χ4v) is 4.25. The normalized spacial score (nSPS) is 12.3. The zero-order chi connectivity index (χ0) is 21.4. The standard InChI is InChI=1S/C22H30N2O4S/c1-5-28-21-14-12-20(13-15-21)24(29(4,26)27)18(3)22(25)23-16-6-7-19-10-8-17(2)9-11-19/h8-15,18H,5-7,16H2,1-4H3,(H,23,25)/t18-/m1/s1. The largest absolute Gasteiger partial charge is 0.494 e. The molecule has 7 heteroatoms. The Balaban J connectivity index is 1.98. The van der Waals surface area contributed by atoms with Crippen LogP contribution >= 0.6 is 0 Å². The zero-order valence-electron chi connectivity index (χ0n) is 17.5. The summed E-state index contributed by atoms with van der Waals surface area (Å²) in [6.45, 7) is 6.52. The minimum atomic E-state index is -3.63. The molecule has 0 aliphatic rings. The second-order valence-electron chi connectivity index (χ2n) is 7.04. The number of hydrogen-bond acceptors (Lipinski definition) is 4. The molecule has 0 unspecified atom stereocenters. The summed E-state index contributed by atoms with van der Waals surface area (Å²) >= 11 is 0. The van der Waals surface area contributed by atoms with Crippen molar-refractivity contribution in [3.8, 4) is 5.75 Å². The lowest BCUT2D eigenvalue weighted by Crippen LogP contribution is -2.48. The van der Waals surface area contributed by atoms with Crippen LogP contribution in [-0.4, -0.2) is 39.8 Å². The molecule has 0 saturated carbocycles. The van der Waals surface area contributed by atoms with E-state index in [2.05, 4.69) is 29.6 Å². The summed E-state index contributed by atoms with van der Waals surface area (Å²) in [4.78, 5) is 12.6. The average molecular weight is 419 g/mol. The summed E-state index contributed by atoms with van der Waals surface area (Å²) in [5.41, 5.74) is 2.86. The molecule has 1 N–H and O–H groups in total. The number of hydrogen-bond donors (Lipinski definition) is 1. The van der Waals surface area contributed by atoms with Crippen LogP contribution in [0, 0.1) is 6.92 Å². The molecule has 0 aliphatic heterocycles. The molecule has 29 heavy (non-hydrogen) atoms. The fraction of sp³-hybridized carbons (Fsp3) is 0.409. The molecule has 158 valence electrons. The summed E-state index contributed by atoms with van der Waals surface area (Å²) in [5, 5.41) is 2.85. The molecule has 0 spiro atoms. The third kappa shape index (κ3) is 6.78. The summed E-state index contributed by atoms with van der Waals surface area (Å²) in [5.74, 6) is 0.325. The van der Waals surface area contributed by atoms with E-state index in [1.54, 1.807) is 31.2 Å². The maximum atomic E-state index is 12.6. The van der Waals surface area contributed by atoms with Gasteiger partial charge in [-0.1, -0.05) is 29.8 Å². The van der Waals surface area contributed by atoms with Crippen LogP contribution in [0.3, 0.4) is 0 Å². The first-order valence-electron chi connectivity index (χ1n) is 9.78. The van der Waals surface area contributed by atoms with Gasteiger partial charge in [0.15, 0.2) is 0 Å². The van der Waals surface area contributed by atoms with Gasteiger partial charge in [0, 0.05) is 6.54 Å². The Bertz CT molecular complexity index is 893. The van der Waals surface area contributed by atoms with Crippen molar-refractivity contribution in [3.05, 3.63) is 59.7 Å². The Morgan fingerprint density at radius 2 is 1.72 bits per heavy atom. The van der Waals surface area contributed by atoms with Crippen molar-refractivity contribution in [2.45, 2.75) is 39.7 Å². The number of aryl methyl sites for hydroxylation is 2. The highest BCUT2D eigenvalue weighted by molar-refractivity contribution is 7.92. The minimum Gasteiger partial charge on any atom is -0.494 e. The second kappa shape index (κ2) is 10.3. The highest BCUT2D eigenvalue weighted by Gasteiger charge is 2.28. The van der Waals surface area contributed by atoms with Crippen molar-refractivity contribution < 1.29 is 17.9 Å². The molecule has 0 fully saturated rings. The molecule has 0 heterocycles. The van der Waals surface area contributed by atoms with E-state index in [1.165, 1.54) is 11.1 Å². The van der Waals surface area contributed by atoms with E-state index < -0.39 is 16.1 Å². The first kappa shape index (κ1) is 22.7. The number of nitrogens with zero attached hydrogens (tertiary/aromatic N) is 1. The van der Waals surface area contributed by atoms with Gasteiger partial charge in [0.1, 0.15) is 11.8 Å². The highest BCUT2D eigenvalue weighted by atomic mass is 32.2. The van der Waals surface area contributed by atoms with E-state index >= 15 is 0 Å². The molecule has 2 aromatic rings. The Morgan fingerprint density at radius 3 is 2.28 bits per heavy atom. The lowest BCUT2D eigenvalue weighted by Gasteiger charge is -2.28. The summed E-state index contributed by atoms with van der Waals surface area (Å²) in [7, 11) is -3.63. The van der Waals surface area contributed by atoms with E-state index in [0.29, 0.717) is 24.6 Å². The van der Waals surface area contributed by atoms with Crippen LogP contribution in [0.1, 0.15) is 31.4 Å². The van der Waals surface area contributed by atoms with E-state index in [4.69, 9.17) is 4.74 Å². The van der Waals surface area contributed by atoms with Crippen LogP contribution in [-0.2, 0) is 21.2 Å². The summed E-state index contributed by atoms with van der Waals surface area (Å²) < 4.78 is 31.2. The minimum absolute atomic E-state index is 0.326. The first-order valence-corrected chi connectivity index (χ1v) is 11.6. The molecule has 0 bridgehead atoms. The van der Waals surface area contributed by atoms with E-state index in [0.717, 1.165) is 23.4 Å². The molecular formula is C22H30N2O4S. The maximum Gasteiger partial charge on any atom is 0.243 e. The number of benzene rings is 2. The lowest BCUT2D eigenvalue weighted by molar-refractivity contribution is -0.121. The predicted octanol–water partition coefficient (Wildman–Crippen LogP) is 3.30. The van der Waals surface area contributed by atoms with Gasteiger partial charge in [-0.05, 0) is 63.4 Å². The van der Waals surface area contributed by atoms with Crippen LogP contribution in [0.2, 0.25) is 0 Å². The number of carbonyl (C=O) groups excluding carboxylic acids is 1. The third-order valence-corrected chi connectivity index (χ3v) is 5.79. The van der Waals surface area contributed by atoms with Gasteiger partial charge in [-0.3, -0.25) is 9.10 Å². The SMILES string of the molecule is CCOc1ccc(N([C@H](C)C(=O)NCCCc2ccc(C)cc2)S(C)(=O)=O)cc1. The number of carbonyl (C=O) groups is 1. The quantitative estimate of drug-likeness (QED) is 0.601. The average Bonchev–Trinajstić information content (AvgIpc) is 2.67. The highest BCUT2D eigenvalue weighted by Crippen LogP contribution is 2.24. The van der Waals surface area contributed by atoms with Crippen molar-refractivity contribution >= 4 is 21.6 Å². The number of ether oxygens (including phenoxy) is 1. The van der Waals surface area contributed by atoms with Crippen molar-refractivity contribution in [2.24, 2.45) is 0 Å². The Kier molecular flexibility index (Phi) is 8.08. The second-order valence-corrected chi connectivity index (χ2v) is 8.90. The molecule has 0 saturated heterocycles. The number of sulfonamides is 1. The summed E-state index contributed by atoms with van der Waals surface area (Å²) in [6, 6.07) is 14.1. The molecule has 2 aromatic carbocycles. The first-order chi connectivity index (χ1) is 13.7. The maximum absolute atomic E-state index is 12.6. The molecule has 1 amide bonds.